The monoisotopic (exact) mass is 285 g/mol. The molecule has 4 nitrogen and oxygen atoms in total. The van der Waals surface area contributed by atoms with Gasteiger partial charge in [-0.1, -0.05) is 19.1 Å². The van der Waals surface area contributed by atoms with Gasteiger partial charge < -0.3 is 10.1 Å². The zero-order chi connectivity index (χ0) is 15.2. The van der Waals surface area contributed by atoms with Crippen molar-refractivity contribution in [2.45, 2.75) is 33.2 Å². The predicted molar refractivity (Wildman–Crippen MR) is 84.6 cm³/mol. The van der Waals surface area contributed by atoms with Gasteiger partial charge in [0.15, 0.2) is 0 Å². The highest BCUT2D eigenvalue weighted by Crippen LogP contribution is 2.33. The van der Waals surface area contributed by atoms with Gasteiger partial charge in [0.2, 0.25) is 0 Å². The number of hydrogen-bond donors (Lipinski definition) is 1. The van der Waals surface area contributed by atoms with Gasteiger partial charge in [0.1, 0.15) is 5.75 Å². The normalized spacial score (nSPS) is 12.2. The van der Waals surface area contributed by atoms with E-state index < -0.39 is 0 Å². The molecule has 2 aromatic rings. The van der Waals surface area contributed by atoms with Crippen molar-refractivity contribution in [2.75, 3.05) is 13.7 Å². The summed E-state index contributed by atoms with van der Waals surface area (Å²) in [6, 6.07) is 6.33. The van der Waals surface area contributed by atoms with Gasteiger partial charge >= 0.3 is 0 Å². The minimum Gasteiger partial charge on any atom is -0.496 e. The first-order chi connectivity index (χ1) is 10.2. The SMILES string of the molecule is CCCNC(c1ccnnc1)c1ccc(C)c(C)c1OC. The van der Waals surface area contributed by atoms with Crippen molar-refractivity contribution in [3.63, 3.8) is 0 Å². The molecule has 21 heavy (non-hydrogen) atoms. The molecule has 1 N–H and O–H groups in total. The van der Waals surface area contributed by atoms with Crippen molar-refractivity contribution in [1.29, 1.82) is 0 Å². The van der Waals surface area contributed by atoms with E-state index in [0.717, 1.165) is 29.8 Å². The summed E-state index contributed by atoms with van der Waals surface area (Å²) in [4.78, 5) is 0. The van der Waals surface area contributed by atoms with Gasteiger partial charge in [-0.25, -0.2) is 0 Å². The second-order valence-corrected chi connectivity index (χ2v) is 5.19. The van der Waals surface area contributed by atoms with Crippen molar-refractivity contribution < 1.29 is 4.74 Å². The number of benzene rings is 1. The number of rotatable bonds is 6. The minimum absolute atomic E-state index is 0.0645. The summed E-state index contributed by atoms with van der Waals surface area (Å²) < 4.78 is 5.66. The molecule has 1 heterocycles. The fourth-order valence-electron chi connectivity index (χ4n) is 2.48. The third-order valence-corrected chi connectivity index (χ3v) is 3.76. The highest BCUT2D eigenvalue weighted by atomic mass is 16.5. The van der Waals surface area contributed by atoms with Crippen LogP contribution in [0.3, 0.4) is 0 Å². The number of aryl methyl sites for hydroxylation is 1. The first-order valence-corrected chi connectivity index (χ1v) is 7.33. The Balaban J connectivity index is 2.49. The Morgan fingerprint density at radius 1 is 1.19 bits per heavy atom. The molecule has 1 aromatic carbocycles. The number of nitrogens with one attached hydrogen (secondary N) is 1. The summed E-state index contributed by atoms with van der Waals surface area (Å²) in [7, 11) is 1.73. The Morgan fingerprint density at radius 3 is 2.62 bits per heavy atom. The molecular formula is C17H23N3O. The summed E-state index contributed by atoms with van der Waals surface area (Å²) in [5, 5.41) is 11.4. The predicted octanol–water partition coefficient (Wildman–Crippen LogP) is 3.19. The van der Waals surface area contributed by atoms with E-state index in [4.69, 9.17) is 4.74 Å². The van der Waals surface area contributed by atoms with Gasteiger partial charge in [-0.2, -0.15) is 10.2 Å². The van der Waals surface area contributed by atoms with Gasteiger partial charge in [-0.05, 0) is 49.6 Å². The zero-order valence-corrected chi connectivity index (χ0v) is 13.2. The van der Waals surface area contributed by atoms with E-state index in [9.17, 15) is 0 Å². The minimum atomic E-state index is 0.0645. The van der Waals surface area contributed by atoms with Crippen LogP contribution in [0.5, 0.6) is 5.75 Å². The fraction of sp³-hybridized carbons (Fsp3) is 0.412. The molecule has 4 heteroatoms. The third-order valence-electron chi connectivity index (χ3n) is 3.76. The van der Waals surface area contributed by atoms with Crippen LogP contribution in [0.2, 0.25) is 0 Å². The Hall–Kier alpha value is -1.94. The molecule has 0 saturated carbocycles. The number of hydrogen-bond acceptors (Lipinski definition) is 4. The van der Waals surface area contributed by atoms with Crippen molar-refractivity contribution in [3.05, 3.63) is 52.8 Å². The molecule has 0 aliphatic carbocycles. The van der Waals surface area contributed by atoms with Crippen LogP contribution in [0.1, 0.15) is 41.6 Å². The van der Waals surface area contributed by atoms with E-state index in [-0.39, 0.29) is 6.04 Å². The fourth-order valence-corrected chi connectivity index (χ4v) is 2.48. The highest BCUT2D eigenvalue weighted by molar-refractivity contribution is 5.49. The average Bonchev–Trinajstić information content (AvgIpc) is 2.52. The second kappa shape index (κ2) is 7.18. The van der Waals surface area contributed by atoms with Gasteiger partial charge in [-0.3, -0.25) is 0 Å². The van der Waals surface area contributed by atoms with Crippen LogP contribution in [0.25, 0.3) is 0 Å². The molecule has 0 aliphatic heterocycles. The topological polar surface area (TPSA) is 47.0 Å². The lowest BCUT2D eigenvalue weighted by Gasteiger charge is -2.23. The maximum atomic E-state index is 5.66. The molecule has 0 saturated heterocycles. The van der Waals surface area contributed by atoms with Crippen LogP contribution < -0.4 is 10.1 Å². The lowest BCUT2D eigenvalue weighted by molar-refractivity contribution is 0.400. The molecule has 0 bridgehead atoms. The maximum Gasteiger partial charge on any atom is 0.127 e. The lowest BCUT2D eigenvalue weighted by Crippen LogP contribution is -2.24. The van der Waals surface area contributed by atoms with Crippen molar-refractivity contribution >= 4 is 0 Å². The summed E-state index contributed by atoms with van der Waals surface area (Å²) in [5.74, 6) is 0.945. The van der Waals surface area contributed by atoms with Crippen LogP contribution in [0.4, 0.5) is 0 Å². The number of ether oxygens (including phenoxy) is 1. The molecule has 0 radical (unpaired) electrons. The standard InChI is InChI=1S/C17H23N3O/c1-5-9-18-16(14-8-10-19-20-11-14)15-7-6-12(2)13(3)17(15)21-4/h6-8,10-11,16,18H,5,9H2,1-4H3. The van der Waals surface area contributed by atoms with Crippen LogP contribution >= 0.6 is 0 Å². The summed E-state index contributed by atoms with van der Waals surface area (Å²) in [6.07, 6.45) is 4.60. The average molecular weight is 285 g/mol. The van der Waals surface area contributed by atoms with E-state index in [0.29, 0.717) is 0 Å². The Morgan fingerprint density at radius 2 is 2.00 bits per heavy atom. The van der Waals surface area contributed by atoms with Gasteiger partial charge in [-0.15, -0.1) is 0 Å². The number of nitrogens with zero attached hydrogens (tertiary/aromatic N) is 2. The summed E-state index contributed by atoms with van der Waals surface area (Å²) in [5.41, 5.74) is 4.65. The van der Waals surface area contributed by atoms with Crippen LogP contribution in [0, 0.1) is 13.8 Å². The van der Waals surface area contributed by atoms with Crippen LogP contribution in [0.15, 0.2) is 30.6 Å². The van der Waals surface area contributed by atoms with Crippen molar-refractivity contribution in [2.24, 2.45) is 0 Å². The molecule has 1 atom stereocenters. The molecule has 0 spiro atoms. The largest absolute Gasteiger partial charge is 0.496 e. The molecule has 0 amide bonds. The molecule has 0 fully saturated rings. The Labute approximate surface area is 126 Å². The van der Waals surface area contributed by atoms with Crippen LogP contribution in [-0.4, -0.2) is 23.9 Å². The number of aromatic nitrogens is 2. The number of methoxy groups -OCH3 is 1. The third kappa shape index (κ3) is 3.39. The first kappa shape index (κ1) is 15.4. The van der Waals surface area contributed by atoms with Crippen LogP contribution in [-0.2, 0) is 0 Å². The van der Waals surface area contributed by atoms with Gasteiger partial charge in [0.25, 0.3) is 0 Å². The molecule has 0 aliphatic rings. The molecule has 112 valence electrons. The van der Waals surface area contributed by atoms with E-state index in [1.807, 2.05) is 12.3 Å². The smallest absolute Gasteiger partial charge is 0.127 e. The second-order valence-electron chi connectivity index (χ2n) is 5.19. The molecule has 1 aromatic heterocycles. The Kier molecular flexibility index (Phi) is 5.28. The van der Waals surface area contributed by atoms with E-state index >= 15 is 0 Å². The summed E-state index contributed by atoms with van der Waals surface area (Å²) in [6.45, 7) is 7.29. The Bertz CT molecular complexity index is 584. The molecular weight excluding hydrogens is 262 g/mol. The van der Waals surface area contributed by atoms with E-state index in [2.05, 4.69) is 48.4 Å². The quantitative estimate of drug-likeness (QED) is 0.885. The van der Waals surface area contributed by atoms with Gasteiger partial charge in [0.05, 0.1) is 19.3 Å². The van der Waals surface area contributed by atoms with E-state index in [1.165, 1.54) is 11.1 Å². The van der Waals surface area contributed by atoms with Crippen molar-refractivity contribution in [3.8, 4) is 5.75 Å². The van der Waals surface area contributed by atoms with E-state index in [1.54, 1.807) is 13.3 Å². The maximum absolute atomic E-state index is 5.66. The molecule has 1 unspecified atom stereocenters. The zero-order valence-electron chi connectivity index (χ0n) is 13.2. The molecule has 2 rings (SSSR count). The van der Waals surface area contributed by atoms with Gasteiger partial charge in [0, 0.05) is 11.8 Å². The first-order valence-electron chi connectivity index (χ1n) is 7.33. The lowest BCUT2D eigenvalue weighted by atomic mass is 9.95. The highest BCUT2D eigenvalue weighted by Gasteiger charge is 2.20. The summed E-state index contributed by atoms with van der Waals surface area (Å²) >= 11 is 0. The van der Waals surface area contributed by atoms with Crippen molar-refractivity contribution in [1.82, 2.24) is 15.5 Å².